The fourth-order valence-electron chi connectivity index (χ4n) is 3.43. The number of aliphatic hydroxyl groups is 1. The molecule has 0 bridgehead atoms. The first kappa shape index (κ1) is 22.8. The van der Waals surface area contributed by atoms with Crippen molar-refractivity contribution >= 4 is 35.5 Å². The van der Waals surface area contributed by atoms with Gasteiger partial charge in [-0.3, -0.25) is 19.3 Å². The predicted octanol–water partition coefficient (Wildman–Crippen LogP) is 1.15. The molecular formula is C21H24N2O7S. The Kier molecular flexibility index (Phi) is 6.71. The first-order valence-corrected chi connectivity index (χ1v) is 10.8. The van der Waals surface area contributed by atoms with Gasteiger partial charge < -0.3 is 20.3 Å². The summed E-state index contributed by atoms with van der Waals surface area (Å²) in [7, 11) is 0. The highest BCUT2D eigenvalue weighted by molar-refractivity contribution is 8.00. The van der Waals surface area contributed by atoms with Crippen LogP contribution in [-0.2, 0) is 23.9 Å². The maximum atomic E-state index is 12.6. The minimum Gasteiger partial charge on any atom is -0.477 e. The highest BCUT2D eigenvalue weighted by atomic mass is 32.2. The molecule has 0 spiro atoms. The number of carboxylic acids is 1. The third-order valence-corrected chi connectivity index (χ3v) is 6.50. The molecule has 9 nitrogen and oxygen atoms in total. The summed E-state index contributed by atoms with van der Waals surface area (Å²) in [6, 6.07) is 6.04. The van der Waals surface area contributed by atoms with Crippen LogP contribution < -0.4 is 5.32 Å². The molecule has 1 aromatic rings. The van der Waals surface area contributed by atoms with Gasteiger partial charge in [0.1, 0.15) is 23.7 Å². The number of carbonyl (C=O) groups is 4. The van der Waals surface area contributed by atoms with Gasteiger partial charge in [0, 0.05) is 18.2 Å². The second-order valence-corrected chi connectivity index (χ2v) is 8.76. The minimum absolute atomic E-state index is 0.220. The van der Waals surface area contributed by atoms with Gasteiger partial charge in [0.15, 0.2) is 6.10 Å². The molecule has 0 saturated carbocycles. The Balaban J connectivity index is 1.69. The molecule has 0 aliphatic carbocycles. The van der Waals surface area contributed by atoms with E-state index < -0.39 is 41.3 Å². The first-order chi connectivity index (χ1) is 14.6. The number of β-lactam (4-membered cyclic amide) rings is 1. The highest BCUT2D eigenvalue weighted by Crippen LogP contribution is 2.40. The zero-order valence-electron chi connectivity index (χ0n) is 17.3. The van der Waals surface area contributed by atoms with Crippen molar-refractivity contribution in [3.63, 3.8) is 0 Å². The Bertz CT molecular complexity index is 942. The van der Waals surface area contributed by atoms with Gasteiger partial charge >= 0.3 is 11.9 Å². The molecule has 3 rings (SSSR count). The van der Waals surface area contributed by atoms with Crippen molar-refractivity contribution in [3.05, 3.63) is 46.7 Å². The van der Waals surface area contributed by atoms with E-state index in [1.807, 2.05) is 26.0 Å². The Hall–Kier alpha value is -2.85. The zero-order valence-corrected chi connectivity index (χ0v) is 18.1. The SMILES string of the molecule is CC(=O)OCC1=C(C(=O)O)N2C(=O)[C@@H](NC(=O)C(O)c3ccc(C(C)C)cc3)[C@H]2SC1. The number of aliphatic carboxylic acids is 1. The summed E-state index contributed by atoms with van der Waals surface area (Å²) in [5, 5.41) is 21.8. The number of thioether (sulfide) groups is 1. The third-order valence-electron chi connectivity index (χ3n) is 5.16. The number of hydrogen-bond donors (Lipinski definition) is 3. The lowest BCUT2D eigenvalue weighted by molar-refractivity contribution is -0.152. The van der Waals surface area contributed by atoms with Gasteiger partial charge in [-0.15, -0.1) is 11.8 Å². The van der Waals surface area contributed by atoms with E-state index >= 15 is 0 Å². The average molecular weight is 448 g/mol. The van der Waals surface area contributed by atoms with E-state index in [0.29, 0.717) is 17.1 Å². The molecule has 1 fully saturated rings. The van der Waals surface area contributed by atoms with E-state index in [1.165, 1.54) is 18.7 Å². The van der Waals surface area contributed by atoms with Crippen molar-refractivity contribution in [1.29, 1.82) is 0 Å². The molecule has 2 heterocycles. The van der Waals surface area contributed by atoms with E-state index in [0.717, 1.165) is 10.5 Å². The lowest BCUT2D eigenvalue weighted by atomic mass is 9.99. The topological polar surface area (TPSA) is 133 Å². The number of aliphatic hydroxyl groups excluding tert-OH is 1. The summed E-state index contributed by atoms with van der Waals surface area (Å²) in [5.74, 6) is -2.65. The van der Waals surface area contributed by atoms with Crippen LogP contribution in [0.1, 0.15) is 43.9 Å². The number of nitrogens with zero attached hydrogens (tertiary/aromatic N) is 1. The van der Waals surface area contributed by atoms with Crippen LogP contribution in [-0.4, -0.2) is 62.6 Å². The van der Waals surface area contributed by atoms with E-state index in [9.17, 15) is 29.4 Å². The summed E-state index contributed by atoms with van der Waals surface area (Å²) in [6.45, 7) is 5.06. The van der Waals surface area contributed by atoms with Crippen LogP contribution in [0.25, 0.3) is 0 Å². The molecular weight excluding hydrogens is 424 g/mol. The maximum absolute atomic E-state index is 12.6. The maximum Gasteiger partial charge on any atom is 0.352 e. The van der Waals surface area contributed by atoms with Crippen LogP contribution in [0, 0.1) is 0 Å². The number of hydrogen-bond acceptors (Lipinski definition) is 7. The van der Waals surface area contributed by atoms with Gasteiger partial charge in [-0.1, -0.05) is 38.1 Å². The Morgan fingerprint density at radius 2 is 1.84 bits per heavy atom. The van der Waals surface area contributed by atoms with Crippen molar-refractivity contribution in [2.24, 2.45) is 0 Å². The van der Waals surface area contributed by atoms with Gasteiger partial charge in [0.2, 0.25) is 0 Å². The van der Waals surface area contributed by atoms with Crippen molar-refractivity contribution in [3.8, 4) is 0 Å². The third kappa shape index (κ3) is 4.59. The Morgan fingerprint density at radius 1 is 1.23 bits per heavy atom. The lowest BCUT2D eigenvalue weighted by Gasteiger charge is -2.49. The number of fused-ring (bicyclic) bond motifs is 1. The largest absolute Gasteiger partial charge is 0.477 e. The van der Waals surface area contributed by atoms with Crippen molar-refractivity contribution < 1.29 is 34.1 Å². The molecule has 166 valence electrons. The molecule has 0 aromatic heterocycles. The number of rotatable bonds is 7. The van der Waals surface area contributed by atoms with Crippen LogP contribution in [0.15, 0.2) is 35.5 Å². The molecule has 1 aromatic carbocycles. The number of esters is 1. The van der Waals surface area contributed by atoms with Gasteiger partial charge in [0.05, 0.1) is 0 Å². The van der Waals surface area contributed by atoms with Crippen LogP contribution in [0.3, 0.4) is 0 Å². The Labute approximate surface area is 183 Å². The monoisotopic (exact) mass is 448 g/mol. The summed E-state index contributed by atoms with van der Waals surface area (Å²) >= 11 is 1.26. The van der Waals surface area contributed by atoms with E-state index in [1.54, 1.807) is 12.1 Å². The second-order valence-electron chi connectivity index (χ2n) is 7.66. The van der Waals surface area contributed by atoms with Crippen molar-refractivity contribution in [2.75, 3.05) is 12.4 Å². The number of ether oxygens (including phenoxy) is 1. The zero-order chi connectivity index (χ0) is 22.9. The average Bonchev–Trinajstić information content (AvgIpc) is 2.74. The highest BCUT2D eigenvalue weighted by Gasteiger charge is 2.54. The summed E-state index contributed by atoms with van der Waals surface area (Å²) < 4.78 is 4.89. The number of carboxylic acid groups (broad SMARTS) is 1. The predicted molar refractivity (Wildman–Crippen MR) is 112 cm³/mol. The smallest absolute Gasteiger partial charge is 0.352 e. The fourth-order valence-corrected chi connectivity index (χ4v) is 4.76. The number of amides is 2. The van der Waals surface area contributed by atoms with Crippen LogP contribution >= 0.6 is 11.8 Å². The van der Waals surface area contributed by atoms with Gasteiger partial charge in [-0.2, -0.15) is 0 Å². The number of carbonyl (C=O) groups excluding carboxylic acids is 3. The quantitative estimate of drug-likeness (QED) is 0.418. The standard InChI is InChI=1S/C21H24N2O7S/c1-10(2)12-4-6-13(7-5-12)17(25)18(26)22-15-19(27)23-16(21(28)29)14(8-30-11(3)24)9-31-20(15)23/h4-7,10,15,17,20,25H,8-9H2,1-3H3,(H,22,26)(H,28,29)/t15-,17?,20-/m1/s1. The number of nitrogens with one attached hydrogen (secondary N) is 1. The minimum atomic E-state index is -1.45. The normalized spacial score (nSPS) is 21.3. The van der Waals surface area contributed by atoms with Crippen LogP contribution in [0.4, 0.5) is 0 Å². The van der Waals surface area contributed by atoms with Gasteiger partial charge in [0.25, 0.3) is 11.8 Å². The fraction of sp³-hybridized carbons (Fsp3) is 0.429. The summed E-state index contributed by atoms with van der Waals surface area (Å²) in [6.07, 6.45) is -1.45. The van der Waals surface area contributed by atoms with Crippen molar-refractivity contribution in [2.45, 2.75) is 44.2 Å². The molecule has 2 aliphatic rings. The molecule has 1 unspecified atom stereocenters. The van der Waals surface area contributed by atoms with E-state index in [4.69, 9.17) is 4.74 Å². The van der Waals surface area contributed by atoms with Gasteiger partial charge in [-0.05, 0) is 17.0 Å². The molecule has 2 aliphatic heterocycles. The molecule has 31 heavy (non-hydrogen) atoms. The molecule has 3 N–H and O–H groups in total. The Morgan fingerprint density at radius 3 is 2.39 bits per heavy atom. The molecule has 0 radical (unpaired) electrons. The van der Waals surface area contributed by atoms with Crippen LogP contribution in [0.5, 0.6) is 0 Å². The molecule has 3 atom stereocenters. The van der Waals surface area contributed by atoms with E-state index in [-0.39, 0.29) is 18.1 Å². The number of benzene rings is 1. The van der Waals surface area contributed by atoms with Gasteiger partial charge in [-0.25, -0.2) is 4.79 Å². The summed E-state index contributed by atoms with van der Waals surface area (Å²) in [4.78, 5) is 49.0. The summed E-state index contributed by atoms with van der Waals surface area (Å²) in [5.41, 5.74) is 1.55. The molecule has 1 saturated heterocycles. The van der Waals surface area contributed by atoms with Crippen molar-refractivity contribution in [1.82, 2.24) is 10.2 Å². The first-order valence-electron chi connectivity index (χ1n) is 9.73. The molecule has 2 amide bonds. The second kappa shape index (κ2) is 9.11. The van der Waals surface area contributed by atoms with Crippen LogP contribution in [0.2, 0.25) is 0 Å². The molecule has 10 heteroatoms. The lowest BCUT2D eigenvalue weighted by Crippen LogP contribution is -2.71. The van der Waals surface area contributed by atoms with E-state index in [2.05, 4.69) is 5.32 Å².